The number of phenolic OH excluding ortho intramolecular Hbond substituents is 1. The van der Waals surface area contributed by atoms with Crippen molar-refractivity contribution in [1.29, 1.82) is 0 Å². The van der Waals surface area contributed by atoms with Crippen LogP contribution in [0.2, 0.25) is 10.1 Å². The average molecular weight is 387 g/mol. The molecule has 2 rings (SSSR count). The molecule has 0 unspecified atom stereocenters. The Morgan fingerprint density at radius 2 is 1.31 bits per heavy atom. The van der Waals surface area contributed by atoms with E-state index in [1.807, 2.05) is 25.6 Å². The van der Waals surface area contributed by atoms with Gasteiger partial charge in [-0.2, -0.15) is 0 Å². The molecule has 1 nitrogen and oxygen atoms in total. The number of rotatable bonds is 4. The maximum atomic E-state index is 10.1. The zero-order valence-electron chi connectivity index (χ0n) is 17.6. The van der Waals surface area contributed by atoms with Crippen LogP contribution in [-0.2, 0) is 0 Å². The first kappa shape index (κ1) is 21.1. The second kappa shape index (κ2) is 7.44. The Hall–Kier alpha value is -1.19. The van der Waals surface area contributed by atoms with Crippen LogP contribution >= 0.6 is 11.8 Å². The Labute approximate surface area is 165 Å². The van der Waals surface area contributed by atoms with Crippen LogP contribution in [0.4, 0.5) is 0 Å². The second-order valence-corrected chi connectivity index (χ2v) is 16.8. The highest BCUT2D eigenvalue weighted by Crippen LogP contribution is 2.52. The number of hydrogen-bond donors (Lipinski definition) is 1. The SMILES string of the molecule is Cc1cc(SC[Si](c2ccccc2)(C(C)(C)C)C(C)(C)C)cc(C)c1O. The van der Waals surface area contributed by atoms with E-state index in [0.29, 0.717) is 5.75 Å². The second-order valence-electron chi connectivity index (χ2n) is 9.47. The fourth-order valence-corrected chi connectivity index (χ4v) is 15.3. The third-order valence-corrected chi connectivity index (χ3v) is 15.1. The molecule has 0 aliphatic rings. The van der Waals surface area contributed by atoms with Gasteiger partial charge in [-0.05, 0) is 52.6 Å². The lowest BCUT2D eigenvalue weighted by atomic mass is 10.1. The fraction of sp³-hybridized carbons (Fsp3) is 0.478. The molecule has 0 aliphatic heterocycles. The van der Waals surface area contributed by atoms with E-state index in [1.54, 1.807) is 5.19 Å². The van der Waals surface area contributed by atoms with Gasteiger partial charge in [0.2, 0.25) is 0 Å². The van der Waals surface area contributed by atoms with Gasteiger partial charge in [0.25, 0.3) is 0 Å². The van der Waals surface area contributed by atoms with Gasteiger partial charge in [-0.3, -0.25) is 0 Å². The zero-order chi connectivity index (χ0) is 19.8. The van der Waals surface area contributed by atoms with Gasteiger partial charge in [-0.15, -0.1) is 11.8 Å². The molecule has 142 valence electrons. The van der Waals surface area contributed by atoms with Crippen molar-refractivity contribution in [1.82, 2.24) is 0 Å². The molecule has 26 heavy (non-hydrogen) atoms. The summed E-state index contributed by atoms with van der Waals surface area (Å²) >= 11 is 1.96. The molecule has 0 radical (unpaired) electrons. The van der Waals surface area contributed by atoms with E-state index in [-0.39, 0.29) is 10.1 Å². The molecule has 0 aliphatic carbocycles. The van der Waals surface area contributed by atoms with E-state index in [2.05, 4.69) is 84.0 Å². The smallest absolute Gasteiger partial charge is 0.121 e. The Balaban J connectivity index is 2.52. The predicted octanol–water partition coefficient (Wildman–Crippen LogP) is 6.60. The molecule has 3 heteroatoms. The van der Waals surface area contributed by atoms with Crippen LogP contribution in [0.25, 0.3) is 0 Å². The number of aryl methyl sites for hydroxylation is 2. The molecule has 0 saturated carbocycles. The summed E-state index contributed by atoms with van der Waals surface area (Å²) in [6, 6.07) is 15.4. The van der Waals surface area contributed by atoms with Crippen LogP contribution in [0.5, 0.6) is 5.75 Å². The molecule has 0 heterocycles. The summed E-state index contributed by atoms with van der Waals surface area (Å²) in [5.41, 5.74) is 1.93. The van der Waals surface area contributed by atoms with E-state index in [1.165, 1.54) is 4.90 Å². The number of aromatic hydroxyl groups is 1. The summed E-state index contributed by atoms with van der Waals surface area (Å²) in [7, 11) is -1.91. The lowest BCUT2D eigenvalue weighted by Crippen LogP contribution is -2.63. The molecule has 1 N–H and O–H groups in total. The lowest BCUT2D eigenvalue weighted by Gasteiger charge is -2.52. The van der Waals surface area contributed by atoms with Crippen molar-refractivity contribution < 1.29 is 5.11 Å². The Kier molecular flexibility index (Phi) is 6.04. The van der Waals surface area contributed by atoms with E-state index in [0.717, 1.165) is 16.5 Å². The summed E-state index contributed by atoms with van der Waals surface area (Å²) in [6.07, 6.45) is 0. The molecule has 0 saturated heterocycles. The molecule has 0 fully saturated rings. The highest BCUT2D eigenvalue weighted by atomic mass is 32.2. The van der Waals surface area contributed by atoms with E-state index < -0.39 is 8.07 Å². The maximum absolute atomic E-state index is 10.1. The quantitative estimate of drug-likeness (QED) is 0.472. The monoisotopic (exact) mass is 386 g/mol. The van der Waals surface area contributed by atoms with Gasteiger partial charge in [0.15, 0.2) is 0 Å². The zero-order valence-corrected chi connectivity index (χ0v) is 19.4. The van der Waals surface area contributed by atoms with Crippen molar-refractivity contribution in [3.63, 3.8) is 0 Å². The van der Waals surface area contributed by atoms with Gasteiger partial charge >= 0.3 is 0 Å². The summed E-state index contributed by atoms with van der Waals surface area (Å²) in [5.74, 6) is 0.424. The summed E-state index contributed by atoms with van der Waals surface area (Å²) in [4.78, 5) is 1.26. The number of phenols is 1. The minimum Gasteiger partial charge on any atom is -0.507 e. The molecule has 2 aromatic carbocycles. The first-order valence-corrected chi connectivity index (χ1v) is 12.6. The standard InChI is InChI=1S/C23H34OSSi/c1-17-14-19(15-18(2)21(17)24)25-16-26(22(3,4)5,23(6,7)8)20-12-10-9-11-13-20/h9-15,24H,16H2,1-8H3. The van der Waals surface area contributed by atoms with Gasteiger partial charge in [-0.25, -0.2) is 0 Å². The van der Waals surface area contributed by atoms with Crippen LogP contribution in [0.3, 0.4) is 0 Å². The minimum absolute atomic E-state index is 0.237. The normalized spacial score (nSPS) is 13.1. The van der Waals surface area contributed by atoms with Crippen LogP contribution in [0.15, 0.2) is 47.4 Å². The Morgan fingerprint density at radius 1 is 0.846 bits per heavy atom. The van der Waals surface area contributed by atoms with Crippen molar-refractivity contribution in [2.24, 2.45) is 0 Å². The average Bonchev–Trinajstić information content (AvgIpc) is 2.51. The molecule has 0 amide bonds. The van der Waals surface area contributed by atoms with Crippen LogP contribution in [-0.4, -0.2) is 18.6 Å². The lowest BCUT2D eigenvalue weighted by molar-refractivity contribution is 0.466. The van der Waals surface area contributed by atoms with Crippen LogP contribution in [0, 0.1) is 13.8 Å². The summed E-state index contributed by atoms with van der Waals surface area (Å²) < 4.78 is 0. The molecular weight excluding hydrogens is 352 g/mol. The first-order chi connectivity index (χ1) is 11.9. The first-order valence-electron chi connectivity index (χ1n) is 9.39. The fourth-order valence-electron chi connectivity index (χ4n) is 4.42. The highest BCUT2D eigenvalue weighted by Gasteiger charge is 2.53. The third-order valence-electron chi connectivity index (χ3n) is 5.75. The van der Waals surface area contributed by atoms with Crippen LogP contribution in [0.1, 0.15) is 52.7 Å². The highest BCUT2D eigenvalue weighted by molar-refractivity contribution is 8.01. The van der Waals surface area contributed by atoms with Crippen molar-refractivity contribution in [2.45, 2.75) is 70.4 Å². The van der Waals surface area contributed by atoms with Gasteiger partial charge < -0.3 is 5.11 Å². The Bertz CT molecular complexity index is 717. The minimum atomic E-state index is -1.91. The maximum Gasteiger partial charge on any atom is 0.121 e. The van der Waals surface area contributed by atoms with Crippen molar-refractivity contribution >= 4 is 25.0 Å². The van der Waals surface area contributed by atoms with E-state index >= 15 is 0 Å². The van der Waals surface area contributed by atoms with Crippen molar-refractivity contribution in [3.05, 3.63) is 53.6 Å². The molecule has 0 spiro atoms. The molecule has 0 atom stereocenters. The summed E-state index contributed by atoms with van der Waals surface area (Å²) in [5, 5.41) is 13.2. The topological polar surface area (TPSA) is 20.2 Å². The van der Waals surface area contributed by atoms with E-state index in [9.17, 15) is 5.11 Å². The van der Waals surface area contributed by atoms with Crippen LogP contribution < -0.4 is 5.19 Å². The molecule has 2 aromatic rings. The van der Waals surface area contributed by atoms with Gasteiger partial charge in [-0.1, -0.05) is 77.1 Å². The van der Waals surface area contributed by atoms with Gasteiger partial charge in [0.05, 0.1) is 0 Å². The summed E-state index contributed by atoms with van der Waals surface area (Å²) in [6.45, 7) is 18.5. The molecule has 0 bridgehead atoms. The molecular formula is C23H34OSSi. The van der Waals surface area contributed by atoms with Gasteiger partial charge in [0.1, 0.15) is 13.8 Å². The largest absolute Gasteiger partial charge is 0.507 e. The number of benzene rings is 2. The number of thioether (sulfide) groups is 1. The molecule has 0 aromatic heterocycles. The number of hydrogen-bond acceptors (Lipinski definition) is 2. The van der Waals surface area contributed by atoms with Crippen molar-refractivity contribution in [3.8, 4) is 5.75 Å². The third kappa shape index (κ3) is 3.89. The van der Waals surface area contributed by atoms with Crippen molar-refractivity contribution in [2.75, 3.05) is 5.38 Å². The van der Waals surface area contributed by atoms with Gasteiger partial charge in [0, 0.05) is 4.90 Å². The Morgan fingerprint density at radius 3 is 1.73 bits per heavy atom. The predicted molar refractivity (Wildman–Crippen MR) is 120 cm³/mol. The van der Waals surface area contributed by atoms with E-state index in [4.69, 9.17) is 0 Å².